The first kappa shape index (κ1) is 13.6. The van der Waals surface area contributed by atoms with Crippen LogP contribution in [0.3, 0.4) is 0 Å². The highest BCUT2D eigenvalue weighted by Gasteiger charge is 2.29. The highest BCUT2D eigenvalue weighted by atomic mass is 16.2. The Bertz CT molecular complexity index is 362. The van der Waals surface area contributed by atoms with Gasteiger partial charge < -0.3 is 10.2 Å². The summed E-state index contributed by atoms with van der Waals surface area (Å²) in [7, 11) is 1.80. The summed E-state index contributed by atoms with van der Waals surface area (Å²) in [6, 6.07) is 5.74. The van der Waals surface area contributed by atoms with Crippen LogP contribution < -0.4 is 5.32 Å². The van der Waals surface area contributed by atoms with Crippen molar-refractivity contribution in [1.29, 1.82) is 0 Å². The standard InChI is InChI=1S/C13H21N3O/c1-5-16(12(17)13(2,3)14-4)10-11-8-6-7-9-15-11/h6-9,14H,5,10H2,1-4H3. The second kappa shape index (κ2) is 5.77. The van der Waals surface area contributed by atoms with E-state index in [1.807, 2.05) is 39.0 Å². The van der Waals surface area contributed by atoms with Crippen LogP contribution in [-0.2, 0) is 11.3 Å². The fourth-order valence-corrected chi connectivity index (χ4v) is 1.52. The van der Waals surface area contributed by atoms with Gasteiger partial charge in [-0.05, 0) is 40.0 Å². The van der Waals surface area contributed by atoms with E-state index in [0.717, 1.165) is 5.69 Å². The quantitative estimate of drug-likeness (QED) is 0.839. The van der Waals surface area contributed by atoms with Crippen LogP contribution in [0.4, 0.5) is 0 Å². The Hall–Kier alpha value is -1.42. The van der Waals surface area contributed by atoms with Crippen molar-refractivity contribution in [1.82, 2.24) is 15.2 Å². The molecular formula is C13H21N3O. The van der Waals surface area contributed by atoms with Crippen LogP contribution in [0, 0.1) is 0 Å². The summed E-state index contributed by atoms with van der Waals surface area (Å²) >= 11 is 0. The Morgan fingerprint density at radius 3 is 2.65 bits per heavy atom. The van der Waals surface area contributed by atoms with Gasteiger partial charge in [0.15, 0.2) is 0 Å². The fourth-order valence-electron chi connectivity index (χ4n) is 1.52. The van der Waals surface area contributed by atoms with Crippen molar-refractivity contribution in [2.75, 3.05) is 13.6 Å². The Morgan fingerprint density at radius 2 is 2.18 bits per heavy atom. The lowest BCUT2D eigenvalue weighted by Crippen LogP contribution is -2.52. The van der Waals surface area contributed by atoms with Crippen LogP contribution in [0.25, 0.3) is 0 Å². The van der Waals surface area contributed by atoms with Crippen molar-refractivity contribution in [2.45, 2.75) is 32.9 Å². The van der Waals surface area contributed by atoms with Crippen molar-refractivity contribution in [3.05, 3.63) is 30.1 Å². The number of carbonyl (C=O) groups is 1. The molecule has 0 aliphatic heterocycles. The van der Waals surface area contributed by atoms with Crippen LogP contribution in [0.2, 0.25) is 0 Å². The van der Waals surface area contributed by atoms with E-state index in [4.69, 9.17) is 0 Å². The first-order valence-electron chi connectivity index (χ1n) is 5.89. The molecule has 1 aromatic heterocycles. The number of carbonyl (C=O) groups excluding carboxylic acids is 1. The third kappa shape index (κ3) is 3.53. The van der Waals surface area contributed by atoms with Gasteiger partial charge in [-0.1, -0.05) is 6.07 Å². The largest absolute Gasteiger partial charge is 0.335 e. The number of pyridine rings is 1. The number of rotatable bonds is 5. The van der Waals surface area contributed by atoms with Crippen LogP contribution in [0.15, 0.2) is 24.4 Å². The molecule has 0 atom stereocenters. The number of hydrogen-bond donors (Lipinski definition) is 1. The summed E-state index contributed by atoms with van der Waals surface area (Å²) in [6.07, 6.45) is 1.75. The molecule has 0 unspecified atom stereocenters. The zero-order valence-corrected chi connectivity index (χ0v) is 11.0. The van der Waals surface area contributed by atoms with Gasteiger partial charge in [-0.25, -0.2) is 0 Å². The first-order valence-corrected chi connectivity index (χ1v) is 5.89. The SMILES string of the molecule is CCN(Cc1ccccn1)C(=O)C(C)(C)NC. The van der Waals surface area contributed by atoms with E-state index in [1.54, 1.807) is 18.1 Å². The van der Waals surface area contributed by atoms with Gasteiger partial charge in [0.1, 0.15) is 0 Å². The average molecular weight is 235 g/mol. The van der Waals surface area contributed by atoms with Crippen LogP contribution in [0.1, 0.15) is 26.5 Å². The second-order valence-corrected chi connectivity index (χ2v) is 4.52. The Labute approximate surface area is 103 Å². The zero-order chi connectivity index (χ0) is 12.9. The highest BCUT2D eigenvalue weighted by molar-refractivity contribution is 5.85. The summed E-state index contributed by atoms with van der Waals surface area (Å²) in [4.78, 5) is 18.3. The smallest absolute Gasteiger partial charge is 0.242 e. The van der Waals surface area contributed by atoms with E-state index < -0.39 is 5.54 Å². The molecular weight excluding hydrogens is 214 g/mol. The first-order chi connectivity index (χ1) is 8.01. The summed E-state index contributed by atoms with van der Waals surface area (Å²) in [5, 5.41) is 3.03. The van der Waals surface area contributed by atoms with Crippen LogP contribution in [0.5, 0.6) is 0 Å². The molecule has 0 aliphatic rings. The van der Waals surface area contributed by atoms with E-state index in [9.17, 15) is 4.79 Å². The van der Waals surface area contributed by atoms with Gasteiger partial charge >= 0.3 is 0 Å². The van der Waals surface area contributed by atoms with Gasteiger partial charge in [0.2, 0.25) is 5.91 Å². The molecule has 1 heterocycles. The molecule has 0 aliphatic carbocycles. The summed E-state index contributed by atoms with van der Waals surface area (Å²) < 4.78 is 0. The van der Waals surface area contributed by atoms with Crippen molar-refractivity contribution in [2.24, 2.45) is 0 Å². The number of aromatic nitrogens is 1. The number of hydrogen-bond acceptors (Lipinski definition) is 3. The molecule has 0 saturated heterocycles. The number of likely N-dealkylation sites (N-methyl/N-ethyl adjacent to an activating group) is 2. The third-order valence-corrected chi connectivity index (χ3v) is 2.91. The van der Waals surface area contributed by atoms with Crippen LogP contribution >= 0.6 is 0 Å². The lowest BCUT2D eigenvalue weighted by atomic mass is 10.0. The Morgan fingerprint density at radius 1 is 1.47 bits per heavy atom. The number of nitrogens with zero attached hydrogens (tertiary/aromatic N) is 2. The molecule has 0 bridgehead atoms. The lowest BCUT2D eigenvalue weighted by molar-refractivity contribution is -0.137. The van der Waals surface area contributed by atoms with Gasteiger partial charge in [0.25, 0.3) is 0 Å². The minimum Gasteiger partial charge on any atom is -0.335 e. The van der Waals surface area contributed by atoms with E-state index in [1.165, 1.54) is 0 Å². The topological polar surface area (TPSA) is 45.2 Å². The summed E-state index contributed by atoms with van der Waals surface area (Å²) in [5.74, 6) is 0.0909. The molecule has 0 fully saturated rings. The monoisotopic (exact) mass is 235 g/mol. The van der Waals surface area contributed by atoms with E-state index in [0.29, 0.717) is 13.1 Å². The molecule has 1 N–H and O–H groups in total. The third-order valence-electron chi connectivity index (χ3n) is 2.91. The molecule has 17 heavy (non-hydrogen) atoms. The molecule has 1 amide bonds. The van der Waals surface area contributed by atoms with Gasteiger partial charge in [0.05, 0.1) is 17.8 Å². The number of amides is 1. The Balaban J connectivity index is 2.76. The molecule has 1 aromatic rings. The molecule has 0 radical (unpaired) electrons. The minimum absolute atomic E-state index is 0.0909. The normalized spacial score (nSPS) is 11.3. The molecule has 94 valence electrons. The van der Waals surface area contributed by atoms with E-state index >= 15 is 0 Å². The molecule has 0 aromatic carbocycles. The maximum absolute atomic E-state index is 12.3. The van der Waals surface area contributed by atoms with Gasteiger partial charge in [-0.3, -0.25) is 9.78 Å². The van der Waals surface area contributed by atoms with Crippen molar-refractivity contribution in [3.63, 3.8) is 0 Å². The van der Waals surface area contributed by atoms with Crippen molar-refractivity contribution >= 4 is 5.91 Å². The van der Waals surface area contributed by atoms with Crippen molar-refractivity contribution in [3.8, 4) is 0 Å². The zero-order valence-electron chi connectivity index (χ0n) is 11.0. The maximum Gasteiger partial charge on any atom is 0.242 e. The Kier molecular flexibility index (Phi) is 4.63. The van der Waals surface area contributed by atoms with E-state index in [2.05, 4.69) is 10.3 Å². The molecule has 4 heteroatoms. The maximum atomic E-state index is 12.3. The highest BCUT2D eigenvalue weighted by Crippen LogP contribution is 2.10. The predicted molar refractivity (Wildman–Crippen MR) is 68.5 cm³/mol. The van der Waals surface area contributed by atoms with E-state index in [-0.39, 0.29) is 5.91 Å². The second-order valence-electron chi connectivity index (χ2n) is 4.52. The average Bonchev–Trinajstić information content (AvgIpc) is 2.36. The fraction of sp³-hybridized carbons (Fsp3) is 0.538. The molecule has 1 rings (SSSR count). The predicted octanol–water partition coefficient (Wildman–Crippen LogP) is 1.43. The molecule has 4 nitrogen and oxygen atoms in total. The molecule has 0 spiro atoms. The summed E-state index contributed by atoms with van der Waals surface area (Å²) in [6.45, 7) is 6.99. The summed E-state index contributed by atoms with van der Waals surface area (Å²) in [5.41, 5.74) is 0.375. The van der Waals surface area contributed by atoms with Crippen molar-refractivity contribution < 1.29 is 4.79 Å². The van der Waals surface area contributed by atoms with Gasteiger partial charge in [-0.15, -0.1) is 0 Å². The lowest BCUT2D eigenvalue weighted by Gasteiger charge is -2.30. The van der Waals surface area contributed by atoms with Crippen LogP contribution in [-0.4, -0.2) is 34.9 Å². The van der Waals surface area contributed by atoms with Gasteiger partial charge in [0, 0.05) is 12.7 Å². The minimum atomic E-state index is -0.537. The number of nitrogens with one attached hydrogen (secondary N) is 1. The molecule has 0 saturated carbocycles. The van der Waals surface area contributed by atoms with Gasteiger partial charge in [-0.2, -0.15) is 0 Å².